The average Bonchev–Trinajstić information content (AvgIpc) is 3.32. The molecule has 0 bridgehead atoms. The zero-order valence-corrected chi connectivity index (χ0v) is 22.2. The summed E-state index contributed by atoms with van der Waals surface area (Å²) in [6, 6.07) is 6.44. The lowest BCUT2D eigenvalue weighted by molar-refractivity contribution is -0.148. The first-order valence-electron chi connectivity index (χ1n) is 12.3. The molecule has 3 atom stereocenters. The van der Waals surface area contributed by atoms with Gasteiger partial charge in [0.1, 0.15) is 6.10 Å². The van der Waals surface area contributed by atoms with Crippen molar-refractivity contribution in [3.63, 3.8) is 0 Å². The predicted octanol–water partition coefficient (Wildman–Crippen LogP) is 3.92. The number of hydrogen-bond acceptors (Lipinski definition) is 9. The maximum atomic E-state index is 12.2. The van der Waals surface area contributed by atoms with Gasteiger partial charge in [-0.2, -0.15) is 0 Å². The first kappa shape index (κ1) is 27.5. The van der Waals surface area contributed by atoms with Crippen LogP contribution in [0.5, 0.6) is 11.5 Å². The number of benzene rings is 1. The molecule has 0 amide bonds. The lowest BCUT2D eigenvalue weighted by Crippen LogP contribution is -2.46. The molecule has 1 heterocycles. The van der Waals surface area contributed by atoms with Crippen molar-refractivity contribution in [2.75, 3.05) is 52.0 Å². The molecule has 1 saturated carbocycles. The summed E-state index contributed by atoms with van der Waals surface area (Å²) in [6.07, 6.45) is 7.14. The number of likely N-dealkylation sites (tertiary alicyclic amines) is 1. The molecule has 0 unspecified atom stereocenters. The molecule has 0 aromatic heterocycles. The Balaban J connectivity index is 1.42. The highest BCUT2D eigenvalue weighted by molar-refractivity contribution is 8.76. The van der Waals surface area contributed by atoms with Crippen LogP contribution in [0, 0.1) is 0 Å². The van der Waals surface area contributed by atoms with Gasteiger partial charge in [-0.05, 0) is 43.4 Å². The van der Waals surface area contributed by atoms with E-state index in [2.05, 4.69) is 11.0 Å². The number of rotatable bonds is 14. The van der Waals surface area contributed by atoms with Crippen molar-refractivity contribution in [2.45, 2.75) is 63.2 Å². The van der Waals surface area contributed by atoms with Gasteiger partial charge in [-0.15, -0.1) is 0 Å². The molecule has 7 nitrogen and oxygen atoms in total. The molecule has 1 aliphatic heterocycles. The number of nitrogens with zero attached hydrogens (tertiary/aromatic N) is 1. The van der Waals surface area contributed by atoms with Gasteiger partial charge in [0.25, 0.3) is 0 Å². The number of ether oxygens (including phenoxy) is 4. The highest BCUT2D eigenvalue weighted by Gasteiger charge is 2.36. The Morgan fingerprint density at radius 2 is 1.88 bits per heavy atom. The third-order valence-corrected chi connectivity index (χ3v) is 8.90. The van der Waals surface area contributed by atoms with E-state index in [-0.39, 0.29) is 18.2 Å². The standard InChI is InChI=1S/C25H40N2O5S2/c1-29-23-8-7-19(17-24(23)30-2)10-14-31-22-6-4-3-5-21(22)27-13-9-20(18-27)32-25(28)11-15-33-34-16-12-26/h7-8,17,20-22H,3-6,9-16,18,26H2,1-2H3/t20-,21-,22-/m1/s1. The molecule has 0 radical (unpaired) electrons. The Morgan fingerprint density at radius 1 is 1.09 bits per heavy atom. The molecular weight excluding hydrogens is 472 g/mol. The van der Waals surface area contributed by atoms with Crippen LogP contribution in [-0.2, 0) is 20.7 Å². The molecule has 1 aromatic carbocycles. The van der Waals surface area contributed by atoms with Crippen LogP contribution < -0.4 is 15.2 Å². The number of carbonyl (C=O) groups is 1. The number of methoxy groups -OCH3 is 2. The molecule has 2 fully saturated rings. The normalized spacial score (nSPS) is 23.1. The van der Waals surface area contributed by atoms with Crippen LogP contribution >= 0.6 is 21.6 Å². The average molecular weight is 513 g/mol. The molecule has 34 heavy (non-hydrogen) atoms. The first-order valence-corrected chi connectivity index (χ1v) is 14.8. The fourth-order valence-electron chi connectivity index (χ4n) is 4.74. The van der Waals surface area contributed by atoms with Crippen LogP contribution in [-0.4, -0.2) is 81.1 Å². The summed E-state index contributed by atoms with van der Waals surface area (Å²) in [7, 11) is 6.72. The van der Waals surface area contributed by atoms with Crippen LogP contribution in [0.15, 0.2) is 18.2 Å². The number of esters is 1. The predicted molar refractivity (Wildman–Crippen MR) is 140 cm³/mol. The second kappa shape index (κ2) is 15.1. The van der Waals surface area contributed by atoms with Crippen molar-refractivity contribution in [1.29, 1.82) is 0 Å². The van der Waals surface area contributed by atoms with Gasteiger partial charge in [-0.3, -0.25) is 9.69 Å². The minimum absolute atomic E-state index is 0.00327. The third-order valence-electron chi connectivity index (χ3n) is 6.46. The lowest BCUT2D eigenvalue weighted by atomic mass is 9.91. The summed E-state index contributed by atoms with van der Waals surface area (Å²) in [4.78, 5) is 14.7. The molecular formula is C25H40N2O5S2. The second-order valence-corrected chi connectivity index (χ2v) is 11.5. The van der Waals surface area contributed by atoms with Crippen molar-refractivity contribution in [2.24, 2.45) is 5.73 Å². The monoisotopic (exact) mass is 512 g/mol. The van der Waals surface area contributed by atoms with Gasteiger partial charge in [-0.25, -0.2) is 0 Å². The number of nitrogens with two attached hydrogens (primary N) is 1. The van der Waals surface area contributed by atoms with Crippen LogP contribution in [0.25, 0.3) is 0 Å². The molecule has 3 rings (SSSR count). The molecule has 2 N–H and O–H groups in total. The molecule has 1 aliphatic carbocycles. The van der Waals surface area contributed by atoms with Crippen molar-refractivity contribution in [3.05, 3.63) is 23.8 Å². The van der Waals surface area contributed by atoms with Gasteiger partial charge < -0.3 is 24.7 Å². The van der Waals surface area contributed by atoms with E-state index in [0.29, 0.717) is 25.6 Å². The van der Waals surface area contributed by atoms with E-state index in [0.717, 1.165) is 61.8 Å². The van der Waals surface area contributed by atoms with E-state index in [1.165, 1.54) is 18.4 Å². The molecule has 2 aliphatic rings. The van der Waals surface area contributed by atoms with Gasteiger partial charge in [0.2, 0.25) is 0 Å². The number of hydrogen-bond donors (Lipinski definition) is 1. The van der Waals surface area contributed by atoms with Gasteiger partial charge in [-0.1, -0.05) is 40.5 Å². The van der Waals surface area contributed by atoms with Crippen LogP contribution in [0.4, 0.5) is 0 Å². The minimum atomic E-state index is -0.0842. The van der Waals surface area contributed by atoms with Crippen molar-refractivity contribution >= 4 is 27.6 Å². The Kier molecular flexibility index (Phi) is 12.2. The summed E-state index contributed by atoms with van der Waals surface area (Å²) in [5.41, 5.74) is 6.67. The Hall–Kier alpha value is -1.13. The first-order chi connectivity index (χ1) is 16.6. The molecule has 1 aromatic rings. The fraction of sp³-hybridized carbons (Fsp3) is 0.720. The lowest BCUT2D eigenvalue weighted by Gasteiger charge is -2.37. The molecule has 192 valence electrons. The molecule has 0 spiro atoms. The zero-order chi connectivity index (χ0) is 24.2. The van der Waals surface area contributed by atoms with Crippen molar-refractivity contribution in [3.8, 4) is 11.5 Å². The summed E-state index contributed by atoms with van der Waals surface area (Å²) in [6.45, 7) is 3.14. The van der Waals surface area contributed by atoms with E-state index in [1.807, 2.05) is 12.1 Å². The van der Waals surface area contributed by atoms with E-state index in [1.54, 1.807) is 35.8 Å². The molecule has 9 heteroatoms. The molecule has 1 saturated heterocycles. The highest BCUT2D eigenvalue weighted by atomic mass is 33.1. The summed E-state index contributed by atoms with van der Waals surface area (Å²) in [5.74, 6) is 3.10. The van der Waals surface area contributed by atoms with Crippen LogP contribution in [0.1, 0.15) is 44.1 Å². The van der Waals surface area contributed by atoms with E-state index in [9.17, 15) is 4.79 Å². The summed E-state index contributed by atoms with van der Waals surface area (Å²) in [5, 5.41) is 0. The zero-order valence-electron chi connectivity index (χ0n) is 20.5. The van der Waals surface area contributed by atoms with E-state index in [4.69, 9.17) is 24.7 Å². The Morgan fingerprint density at radius 3 is 2.68 bits per heavy atom. The third kappa shape index (κ3) is 8.52. The summed E-state index contributed by atoms with van der Waals surface area (Å²) >= 11 is 0. The topological polar surface area (TPSA) is 83.2 Å². The summed E-state index contributed by atoms with van der Waals surface area (Å²) < 4.78 is 22.9. The highest BCUT2D eigenvalue weighted by Crippen LogP contribution is 2.30. The Labute approximate surface area is 212 Å². The Bertz CT molecular complexity index is 754. The van der Waals surface area contributed by atoms with Gasteiger partial charge in [0.15, 0.2) is 11.5 Å². The second-order valence-electron chi connectivity index (χ2n) is 8.78. The SMILES string of the molecule is COc1ccc(CCO[C@@H]2CCCC[C@H]2N2CC[C@@H](OC(=O)CCSSCCN)C2)cc1OC. The van der Waals surface area contributed by atoms with Gasteiger partial charge >= 0.3 is 5.97 Å². The largest absolute Gasteiger partial charge is 0.493 e. The van der Waals surface area contributed by atoms with Crippen molar-refractivity contribution < 1.29 is 23.7 Å². The fourth-order valence-corrected chi connectivity index (χ4v) is 6.57. The maximum Gasteiger partial charge on any atom is 0.306 e. The number of carbonyl (C=O) groups excluding carboxylic acids is 1. The van der Waals surface area contributed by atoms with Crippen molar-refractivity contribution in [1.82, 2.24) is 4.90 Å². The quantitative estimate of drug-likeness (QED) is 0.226. The van der Waals surface area contributed by atoms with E-state index < -0.39 is 0 Å². The minimum Gasteiger partial charge on any atom is -0.493 e. The van der Waals surface area contributed by atoms with Crippen LogP contribution in [0.3, 0.4) is 0 Å². The van der Waals surface area contributed by atoms with Crippen LogP contribution in [0.2, 0.25) is 0 Å². The van der Waals surface area contributed by atoms with Gasteiger partial charge in [0, 0.05) is 37.2 Å². The van der Waals surface area contributed by atoms with E-state index >= 15 is 0 Å². The smallest absolute Gasteiger partial charge is 0.306 e. The van der Waals surface area contributed by atoms with Gasteiger partial charge in [0.05, 0.1) is 33.4 Å². The maximum absolute atomic E-state index is 12.2.